The summed E-state index contributed by atoms with van der Waals surface area (Å²) >= 11 is 0. The van der Waals surface area contributed by atoms with Gasteiger partial charge in [0, 0.05) is 22.8 Å². The zero-order chi connectivity index (χ0) is 13.2. The van der Waals surface area contributed by atoms with Crippen LogP contribution in [0, 0.1) is 6.92 Å². The van der Waals surface area contributed by atoms with Gasteiger partial charge >= 0.3 is 0 Å². The van der Waals surface area contributed by atoms with E-state index in [-0.39, 0.29) is 5.91 Å². The maximum atomic E-state index is 12.2. The Hall–Kier alpha value is -2.56. The van der Waals surface area contributed by atoms with Gasteiger partial charge in [-0.1, -0.05) is 18.2 Å². The molecular formula is C14H14N4O. The Bertz CT molecular complexity index is 726. The maximum Gasteiger partial charge on any atom is 0.253 e. The molecule has 5 nitrogen and oxygen atoms in total. The quantitative estimate of drug-likeness (QED) is 0.670. The molecule has 96 valence electrons. The Kier molecular flexibility index (Phi) is 2.79. The number of aryl methyl sites for hydroxylation is 1. The number of amides is 1. The molecule has 3 rings (SSSR count). The molecule has 0 aliphatic heterocycles. The van der Waals surface area contributed by atoms with E-state index >= 15 is 0 Å². The summed E-state index contributed by atoms with van der Waals surface area (Å²) in [6, 6.07) is 7.74. The van der Waals surface area contributed by atoms with Gasteiger partial charge in [-0.05, 0) is 13.0 Å². The molecule has 1 amide bonds. The van der Waals surface area contributed by atoms with Crippen molar-refractivity contribution in [3.05, 3.63) is 53.7 Å². The van der Waals surface area contributed by atoms with Gasteiger partial charge in [-0.2, -0.15) is 0 Å². The molecule has 0 saturated heterocycles. The number of aromatic nitrogens is 3. The molecule has 3 aromatic rings. The minimum atomic E-state index is -0.0974. The third-order valence-corrected chi connectivity index (χ3v) is 3.18. The van der Waals surface area contributed by atoms with Crippen molar-refractivity contribution < 1.29 is 4.79 Å². The van der Waals surface area contributed by atoms with E-state index in [1.165, 1.54) is 0 Å². The molecule has 2 aromatic heterocycles. The van der Waals surface area contributed by atoms with Gasteiger partial charge in [0.05, 0.1) is 24.1 Å². The van der Waals surface area contributed by atoms with E-state index in [4.69, 9.17) is 0 Å². The minimum Gasteiger partial charge on any atom is -0.360 e. The zero-order valence-electron chi connectivity index (χ0n) is 10.5. The molecule has 5 heteroatoms. The monoisotopic (exact) mass is 254 g/mol. The highest BCUT2D eigenvalue weighted by Crippen LogP contribution is 2.17. The lowest BCUT2D eigenvalue weighted by molar-refractivity contribution is 0.0952. The van der Waals surface area contributed by atoms with Crippen LogP contribution >= 0.6 is 0 Å². The predicted molar refractivity (Wildman–Crippen MR) is 72.8 cm³/mol. The second-order valence-electron chi connectivity index (χ2n) is 4.40. The highest BCUT2D eigenvalue weighted by Gasteiger charge is 2.12. The number of para-hydroxylation sites is 1. The molecule has 0 saturated carbocycles. The van der Waals surface area contributed by atoms with Crippen LogP contribution in [-0.2, 0) is 6.54 Å². The van der Waals surface area contributed by atoms with Crippen molar-refractivity contribution in [1.82, 2.24) is 20.3 Å². The van der Waals surface area contributed by atoms with E-state index in [2.05, 4.69) is 20.3 Å². The molecule has 0 atom stereocenters. The second-order valence-corrected chi connectivity index (χ2v) is 4.40. The number of carbonyl (C=O) groups is 1. The lowest BCUT2D eigenvalue weighted by Crippen LogP contribution is -2.23. The van der Waals surface area contributed by atoms with E-state index in [0.717, 1.165) is 22.3 Å². The predicted octanol–water partition coefficient (Wildman–Crippen LogP) is 2.13. The average Bonchev–Trinajstić information content (AvgIpc) is 3.02. The van der Waals surface area contributed by atoms with Gasteiger partial charge in [0.1, 0.15) is 0 Å². The topological polar surface area (TPSA) is 73.6 Å². The fraction of sp³-hybridized carbons (Fsp3) is 0.143. The summed E-state index contributed by atoms with van der Waals surface area (Å²) in [4.78, 5) is 22.4. The highest BCUT2D eigenvalue weighted by atomic mass is 16.1. The number of benzene rings is 1. The molecule has 0 radical (unpaired) electrons. The fourth-order valence-electron chi connectivity index (χ4n) is 2.08. The zero-order valence-corrected chi connectivity index (χ0v) is 10.5. The molecular weight excluding hydrogens is 240 g/mol. The Morgan fingerprint density at radius 2 is 2.16 bits per heavy atom. The van der Waals surface area contributed by atoms with Gasteiger partial charge < -0.3 is 15.3 Å². The molecule has 0 bridgehead atoms. The van der Waals surface area contributed by atoms with Gasteiger partial charge in [0.25, 0.3) is 5.91 Å². The summed E-state index contributed by atoms with van der Waals surface area (Å²) in [6.45, 7) is 2.36. The third-order valence-electron chi connectivity index (χ3n) is 3.18. The number of fused-ring (bicyclic) bond motifs is 1. The lowest BCUT2D eigenvalue weighted by Gasteiger charge is -2.03. The summed E-state index contributed by atoms with van der Waals surface area (Å²) in [5.74, 6) is -0.0974. The van der Waals surface area contributed by atoms with Crippen molar-refractivity contribution in [2.75, 3.05) is 0 Å². The Balaban J connectivity index is 1.79. The first-order valence-electron chi connectivity index (χ1n) is 6.09. The Labute approximate surface area is 110 Å². The van der Waals surface area contributed by atoms with E-state index in [9.17, 15) is 4.79 Å². The van der Waals surface area contributed by atoms with Gasteiger partial charge in [-0.3, -0.25) is 4.79 Å². The molecule has 0 aliphatic rings. The van der Waals surface area contributed by atoms with Crippen molar-refractivity contribution in [2.24, 2.45) is 0 Å². The lowest BCUT2D eigenvalue weighted by atomic mass is 10.1. The van der Waals surface area contributed by atoms with Crippen molar-refractivity contribution >= 4 is 16.8 Å². The van der Waals surface area contributed by atoms with Crippen LogP contribution in [0.1, 0.15) is 21.7 Å². The first-order valence-corrected chi connectivity index (χ1v) is 6.09. The van der Waals surface area contributed by atoms with Crippen LogP contribution in [0.2, 0.25) is 0 Å². The van der Waals surface area contributed by atoms with Crippen LogP contribution in [0.4, 0.5) is 0 Å². The number of nitrogens with one attached hydrogen (secondary N) is 3. The van der Waals surface area contributed by atoms with Crippen LogP contribution in [0.15, 0.2) is 36.8 Å². The number of H-pyrrole nitrogens is 2. The molecule has 0 spiro atoms. The number of hydrogen-bond donors (Lipinski definition) is 3. The number of hydrogen-bond acceptors (Lipinski definition) is 2. The normalized spacial score (nSPS) is 10.8. The van der Waals surface area contributed by atoms with Crippen LogP contribution in [0.25, 0.3) is 10.9 Å². The molecule has 0 aliphatic carbocycles. The third kappa shape index (κ3) is 2.10. The van der Waals surface area contributed by atoms with E-state index < -0.39 is 0 Å². The van der Waals surface area contributed by atoms with Crippen LogP contribution in [-0.4, -0.2) is 20.9 Å². The summed E-state index contributed by atoms with van der Waals surface area (Å²) in [7, 11) is 0. The SMILES string of the molecule is Cc1[nH]cnc1CNC(=O)c1c[nH]c2ccccc12. The van der Waals surface area contributed by atoms with E-state index in [1.807, 2.05) is 31.2 Å². The standard InChI is InChI=1S/C14H14N4O/c1-9-13(18-8-17-9)7-16-14(19)11-6-15-12-5-3-2-4-10(11)12/h2-6,8,15H,7H2,1H3,(H,16,19)(H,17,18). The highest BCUT2D eigenvalue weighted by molar-refractivity contribution is 6.06. The number of carbonyl (C=O) groups excluding carboxylic acids is 1. The van der Waals surface area contributed by atoms with Crippen LogP contribution in [0.3, 0.4) is 0 Å². The van der Waals surface area contributed by atoms with Crippen molar-refractivity contribution in [3.63, 3.8) is 0 Å². The summed E-state index contributed by atoms with van der Waals surface area (Å²) in [5.41, 5.74) is 3.44. The summed E-state index contributed by atoms with van der Waals surface area (Å²) in [6.07, 6.45) is 3.36. The molecule has 2 heterocycles. The Morgan fingerprint density at radius 3 is 2.95 bits per heavy atom. The van der Waals surface area contributed by atoms with Gasteiger partial charge in [-0.15, -0.1) is 0 Å². The van der Waals surface area contributed by atoms with Crippen LogP contribution < -0.4 is 5.32 Å². The fourth-order valence-corrected chi connectivity index (χ4v) is 2.08. The van der Waals surface area contributed by atoms with Crippen molar-refractivity contribution in [2.45, 2.75) is 13.5 Å². The molecule has 0 unspecified atom stereocenters. The molecule has 0 fully saturated rings. The smallest absolute Gasteiger partial charge is 0.253 e. The van der Waals surface area contributed by atoms with Gasteiger partial charge in [0.2, 0.25) is 0 Å². The van der Waals surface area contributed by atoms with Gasteiger partial charge in [-0.25, -0.2) is 4.98 Å². The second kappa shape index (κ2) is 4.61. The number of aromatic amines is 2. The maximum absolute atomic E-state index is 12.2. The number of nitrogens with zero attached hydrogens (tertiary/aromatic N) is 1. The van der Waals surface area contributed by atoms with E-state index in [1.54, 1.807) is 12.5 Å². The average molecular weight is 254 g/mol. The van der Waals surface area contributed by atoms with Crippen molar-refractivity contribution in [3.8, 4) is 0 Å². The minimum absolute atomic E-state index is 0.0974. The summed E-state index contributed by atoms with van der Waals surface area (Å²) < 4.78 is 0. The van der Waals surface area contributed by atoms with E-state index in [0.29, 0.717) is 12.1 Å². The Morgan fingerprint density at radius 1 is 1.32 bits per heavy atom. The van der Waals surface area contributed by atoms with Crippen molar-refractivity contribution in [1.29, 1.82) is 0 Å². The largest absolute Gasteiger partial charge is 0.360 e. The molecule has 1 aromatic carbocycles. The first-order chi connectivity index (χ1) is 9.25. The molecule has 3 N–H and O–H groups in total. The number of rotatable bonds is 3. The molecule has 19 heavy (non-hydrogen) atoms. The number of imidazole rings is 1. The first kappa shape index (κ1) is 11.5. The van der Waals surface area contributed by atoms with Gasteiger partial charge in [0.15, 0.2) is 0 Å². The van der Waals surface area contributed by atoms with Crippen LogP contribution in [0.5, 0.6) is 0 Å². The summed E-state index contributed by atoms with van der Waals surface area (Å²) in [5, 5.41) is 3.81.